The zero-order valence-electron chi connectivity index (χ0n) is 14.3. The molecule has 0 saturated carbocycles. The molecule has 1 fully saturated rings. The van der Waals surface area contributed by atoms with Gasteiger partial charge in [-0.3, -0.25) is 4.90 Å². The second kappa shape index (κ2) is 8.19. The van der Waals surface area contributed by atoms with E-state index in [0.717, 1.165) is 25.1 Å². The van der Waals surface area contributed by atoms with E-state index in [9.17, 15) is 13.7 Å². The highest BCUT2D eigenvalue weighted by Gasteiger charge is 2.28. The molecule has 26 heavy (non-hydrogen) atoms. The van der Waals surface area contributed by atoms with Gasteiger partial charge in [-0.1, -0.05) is 35.9 Å². The highest BCUT2D eigenvalue weighted by molar-refractivity contribution is 7.89. The standard InChI is InChI=1S/C19H20ClN3O2S/c20-18-8-6-16(7-9-18)15-22-10-3-11-23(13-12-22)26(24,25)19-5-2-1-4-17(19)14-21/h1-2,4-9H,3,10-13,15H2. The van der Waals surface area contributed by atoms with Crippen molar-refractivity contribution >= 4 is 21.6 Å². The largest absolute Gasteiger partial charge is 0.298 e. The molecule has 0 aliphatic carbocycles. The molecule has 0 unspecified atom stereocenters. The maximum Gasteiger partial charge on any atom is 0.244 e. The van der Waals surface area contributed by atoms with Crippen LogP contribution in [0.2, 0.25) is 5.02 Å². The van der Waals surface area contributed by atoms with Gasteiger partial charge in [-0.25, -0.2) is 8.42 Å². The van der Waals surface area contributed by atoms with Gasteiger partial charge in [0.2, 0.25) is 10.0 Å². The molecule has 0 atom stereocenters. The summed E-state index contributed by atoms with van der Waals surface area (Å²) in [6.45, 7) is 3.11. The monoisotopic (exact) mass is 389 g/mol. The van der Waals surface area contributed by atoms with Crippen molar-refractivity contribution in [2.24, 2.45) is 0 Å². The molecule has 136 valence electrons. The number of rotatable bonds is 4. The van der Waals surface area contributed by atoms with Crippen LogP contribution in [0.25, 0.3) is 0 Å². The Morgan fingerprint density at radius 1 is 1.00 bits per heavy atom. The Labute approximate surface area is 159 Å². The zero-order valence-corrected chi connectivity index (χ0v) is 15.9. The lowest BCUT2D eigenvalue weighted by molar-refractivity contribution is 0.278. The maximum absolute atomic E-state index is 13.0. The summed E-state index contributed by atoms with van der Waals surface area (Å²) in [5.41, 5.74) is 1.34. The van der Waals surface area contributed by atoms with Crippen LogP contribution in [0.4, 0.5) is 0 Å². The van der Waals surface area contributed by atoms with E-state index in [1.807, 2.05) is 30.3 Å². The molecule has 2 aromatic rings. The van der Waals surface area contributed by atoms with Crippen molar-refractivity contribution < 1.29 is 8.42 Å². The first-order chi connectivity index (χ1) is 12.5. The molecule has 0 aromatic heterocycles. The Kier molecular flexibility index (Phi) is 5.94. The van der Waals surface area contributed by atoms with E-state index in [0.29, 0.717) is 24.7 Å². The van der Waals surface area contributed by atoms with Crippen LogP contribution >= 0.6 is 11.6 Å². The molecule has 2 aromatic carbocycles. The number of nitriles is 1. The fourth-order valence-electron chi connectivity index (χ4n) is 3.12. The van der Waals surface area contributed by atoms with Gasteiger partial charge in [-0.2, -0.15) is 9.57 Å². The second-order valence-electron chi connectivity index (χ2n) is 6.27. The molecule has 0 bridgehead atoms. The third-order valence-corrected chi connectivity index (χ3v) is 6.70. The van der Waals surface area contributed by atoms with E-state index in [1.165, 1.54) is 16.4 Å². The number of hydrogen-bond donors (Lipinski definition) is 0. The minimum atomic E-state index is -3.66. The van der Waals surface area contributed by atoms with Crippen molar-refractivity contribution in [3.8, 4) is 6.07 Å². The average Bonchev–Trinajstić information content (AvgIpc) is 2.89. The number of halogens is 1. The van der Waals surface area contributed by atoms with Crippen LogP contribution in [0.15, 0.2) is 53.4 Å². The maximum atomic E-state index is 13.0. The summed E-state index contributed by atoms with van der Waals surface area (Å²) in [6.07, 6.45) is 0.752. The van der Waals surface area contributed by atoms with Crippen LogP contribution in [-0.4, -0.2) is 43.8 Å². The van der Waals surface area contributed by atoms with E-state index in [4.69, 9.17) is 11.6 Å². The predicted octanol–water partition coefficient (Wildman–Crippen LogP) is 3.11. The summed E-state index contributed by atoms with van der Waals surface area (Å²) in [5, 5.41) is 9.92. The first kappa shape index (κ1) is 18.9. The molecule has 1 heterocycles. The van der Waals surface area contributed by atoms with Gasteiger partial charge in [0.1, 0.15) is 6.07 Å². The number of nitrogens with zero attached hydrogens (tertiary/aromatic N) is 3. The van der Waals surface area contributed by atoms with Gasteiger partial charge in [0, 0.05) is 31.2 Å². The van der Waals surface area contributed by atoms with Gasteiger partial charge in [0.05, 0.1) is 10.5 Å². The molecule has 0 spiro atoms. The minimum absolute atomic E-state index is 0.0913. The van der Waals surface area contributed by atoms with Crippen molar-refractivity contribution in [2.75, 3.05) is 26.2 Å². The van der Waals surface area contributed by atoms with Crippen molar-refractivity contribution in [3.63, 3.8) is 0 Å². The highest BCUT2D eigenvalue weighted by Crippen LogP contribution is 2.21. The number of sulfonamides is 1. The van der Waals surface area contributed by atoms with Crippen LogP contribution in [-0.2, 0) is 16.6 Å². The van der Waals surface area contributed by atoms with Crippen LogP contribution in [0.5, 0.6) is 0 Å². The molecule has 1 saturated heterocycles. The van der Waals surface area contributed by atoms with Gasteiger partial charge in [-0.05, 0) is 42.8 Å². The van der Waals surface area contributed by atoms with Crippen molar-refractivity contribution in [1.82, 2.24) is 9.21 Å². The lowest BCUT2D eigenvalue weighted by atomic mass is 10.2. The summed E-state index contributed by atoms with van der Waals surface area (Å²) < 4.78 is 27.4. The molecule has 0 amide bonds. The minimum Gasteiger partial charge on any atom is -0.298 e. The van der Waals surface area contributed by atoms with E-state index < -0.39 is 10.0 Å². The first-order valence-electron chi connectivity index (χ1n) is 8.47. The summed E-state index contributed by atoms with van der Waals surface area (Å²) in [7, 11) is -3.66. The second-order valence-corrected chi connectivity index (χ2v) is 8.61. The van der Waals surface area contributed by atoms with Gasteiger partial charge in [-0.15, -0.1) is 0 Å². The molecule has 0 N–H and O–H groups in total. The zero-order chi connectivity index (χ0) is 18.6. The van der Waals surface area contributed by atoms with E-state index in [-0.39, 0.29) is 10.5 Å². The Bertz CT molecular complexity index is 907. The quantitative estimate of drug-likeness (QED) is 0.805. The van der Waals surface area contributed by atoms with Gasteiger partial charge >= 0.3 is 0 Å². The van der Waals surface area contributed by atoms with Gasteiger partial charge in [0.25, 0.3) is 0 Å². The molecule has 5 nitrogen and oxygen atoms in total. The molecule has 7 heteroatoms. The topological polar surface area (TPSA) is 64.4 Å². The highest BCUT2D eigenvalue weighted by atomic mass is 35.5. The van der Waals surface area contributed by atoms with Crippen LogP contribution in [0.1, 0.15) is 17.5 Å². The Morgan fingerprint density at radius 2 is 1.73 bits per heavy atom. The van der Waals surface area contributed by atoms with Crippen LogP contribution < -0.4 is 0 Å². The normalized spacial score (nSPS) is 16.8. The smallest absolute Gasteiger partial charge is 0.244 e. The number of hydrogen-bond acceptors (Lipinski definition) is 4. The third-order valence-electron chi connectivity index (χ3n) is 4.49. The molecular weight excluding hydrogens is 370 g/mol. The van der Waals surface area contributed by atoms with Crippen LogP contribution in [0.3, 0.4) is 0 Å². The fraction of sp³-hybridized carbons (Fsp3) is 0.316. The SMILES string of the molecule is N#Cc1ccccc1S(=O)(=O)N1CCCN(Cc2ccc(Cl)cc2)CC1. The summed E-state index contributed by atoms with van der Waals surface area (Å²) in [4.78, 5) is 2.34. The fourth-order valence-corrected chi connectivity index (χ4v) is 4.85. The molecule has 1 aliphatic heterocycles. The first-order valence-corrected chi connectivity index (χ1v) is 10.3. The summed E-state index contributed by atoms with van der Waals surface area (Å²) in [6, 6.07) is 16.1. The summed E-state index contributed by atoms with van der Waals surface area (Å²) >= 11 is 5.92. The van der Waals surface area contributed by atoms with Crippen molar-refractivity contribution in [3.05, 3.63) is 64.7 Å². The van der Waals surface area contributed by atoms with E-state index >= 15 is 0 Å². The molecule has 3 rings (SSSR count). The molecule has 0 radical (unpaired) electrons. The van der Waals surface area contributed by atoms with E-state index in [1.54, 1.807) is 12.1 Å². The summed E-state index contributed by atoms with van der Waals surface area (Å²) in [5.74, 6) is 0. The van der Waals surface area contributed by atoms with Gasteiger partial charge in [0.15, 0.2) is 0 Å². The molecular formula is C19H20ClN3O2S. The molecule has 1 aliphatic rings. The predicted molar refractivity (Wildman–Crippen MR) is 101 cm³/mol. The number of benzene rings is 2. The third kappa shape index (κ3) is 4.25. The Hall–Kier alpha value is -1.91. The van der Waals surface area contributed by atoms with Crippen LogP contribution in [0, 0.1) is 11.3 Å². The van der Waals surface area contributed by atoms with Gasteiger partial charge < -0.3 is 0 Å². The Morgan fingerprint density at radius 3 is 2.46 bits per heavy atom. The average molecular weight is 390 g/mol. The van der Waals surface area contributed by atoms with Crippen molar-refractivity contribution in [2.45, 2.75) is 17.9 Å². The van der Waals surface area contributed by atoms with E-state index in [2.05, 4.69) is 4.90 Å². The Balaban J connectivity index is 1.72. The lowest BCUT2D eigenvalue weighted by Gasteiger charge is -2.22. The van der Waals surface area contributed by atoms with Crippen molar-refractivity contribution in [1.29, 1.82) is 5.26 Å². The lowest BCUT2D eigenvalue weighted by Crippen LogP contribution is -2.35.